The molecule has 0 atom stereocenters. The number of benzene rings is 2. The van der Waals surface area contributed by atoms with Gasteiger partial charge in [-0.1, -0.05) is 23.8 Å². The molecule has 0 fully saturated rings. The van der Waals surface area contributed by atoms with Crippen LogP contribution in [0.4, 0.5) is 0 Å². The molecule has 3 rings (SSSR count). The monoisotopic (exact) mass is 308 g/mol. The van der Waals surface area contributed by atoms with Gasteiger partial charge in [0.25, 0.3) is 5.91 Å². The smallest absolute Gasteiger partial charge is 0.258 e. The number of hydrogen-bond acceptors (Lipinski definition) is 2. The number of nitrogens with one attached hydrogen (secondary N) is 2. The minimum atomic E-state index is -0.129. The molecule has 0 bridgehead atoms. The van der Waals surface area contributed by atoms with E-state index in [1.165, 1.54) is 0 Å². The number of carbonyl (C=O) groups is 1. The predicted molar refractivity (Wildman–Crippen MR) is 91.6 cm³/mol. The van der Waals surface area contributed by atoms with Crippen LogP contribution in [0.2, 0.25) is 0 Å². The number of ether oxygens (including phenoxy) is 1. The highest BCUT2D eigenvalue weighted by atomic mass is 16.5. The number of rotatable bonds is 5. The Kier molecular flexibility index (Phi) is 4.33. The van der Waals surface area contributed by atoms with Gasteiger partial charge in [0.2, 0.25) is 0 Å². The number of hydrogen-bond donors (Lipinski definition) is 2. The second-order valence-electron chi connectivity index (χ2n) is 5.75. The molecule has 23 heavy (non-hydrogen) atoms. The Morgan fingerprint density at radius 3 is 2.65 bits per heavy atom. The molecule has 4 nitrogen and oxygen atoms in total. The van der Waals surface area contributed by atoms with Crippen molar-refractivity contribution in [3.05, 3.63) is 65.4 Å². The van der Waals surface area contributed by atoms with Gasteiger partial charge in [-0.05, 0) is 55.1 Å². The summed E-state index contributed by atoms with van der Waals surface area (Å²) in [5.41, 5.74) is 4.48. The van der Waals surface area contributed by atoms with E-state index in [4.69, 9.17) is 4.74 Å². The summed E-state index contributed by atoms with van der Waals surface area (Å²) in [5.74, 6) is 0.575. The van der Waals surface area contributed by atoms with Gasteiger partial charge in [-0.15, -0.1) is 0 Å². The van der Waals surface area contributed by atoms with E-state index >= 15 is 0 Å². The second-order valence-corrected chi connectivity index (χ2v) is 5.75. The Labute approximate surface area is 135 Å². The summed E-state index contributed by atoms with van der Waals surface area (Å²) >= 11 is 0. The number of aromatic nitrogens is 1. The van der Waals surface area contributed by atoms with Crippen molar-refractivity contribution in [1.82, 2.24) is 10.3 Å². The van der Waals surface area contributed by atoms with Gasteiger partial charge in [0.15, 0.2) is 6.61 Å². The molecule has 1 aromatic heterocycles. The number of aryl methyl sites for hydroxylation is 2. The van der Waals surface area contributed by atoms with E-state index in [1.807, 2.05) is 50.2 Å². The van der Waals surface area contributed by atoms with Crippen LogP contribution >= 0.6 is 0 Å². The highest BCUT2D eigenvalue weighted by Gasteiger charge is 2.04. The van der Waals surface area contributed by atoms with Crippen LogP contribution in [0.25, 0.3) is 10.9 Å². The van der Waals surface area contributed by atoms with Crippen molar-refractivity contribution >= 4 is 16.8 Å². The largest absolute Gasteiger partial charge is 0.484 e. The zero-order valence-electron chi connectivity index (χ0n) is 13.3. The third-order valence-electron chi connectivity index (χ3n) is 3.70. The third kappa shape index (κ3) is 3.92. The Morgan fingerprint density at radius 2 is 1.87 bits per heavy atom. The first-order valence-corrected chi connectivity index (χ1v) is 7.64. The highest BCUT2D eigenvalue weighted by Crippen LogP contribution is 2.16. The minimum absolute atomic E-state index is 0.0224. The molecule has 0 aliphatic carbocycles. The number of fused-ring (bicyclic) bond motifs is 1. The molecular weight excluding hydrogens is 288 g/mol. The summed E-state index contributed by atoms with van der Waals surface area (Å²) < 4.78 is 5.47. The fourth-order valence-corrected chi connectivity index (χ4v) is 2.47. The van der Waals surface area contributed by atoms with E-state index in [0.29, 0.717) is 12.3 Å². The normalized spacial score (nSPS) is 10.7. The molecule has 1 heterocycles. The van der Waals surface area contributed by atoms with Crippen molar-refractivity contribution in [1.29, 1.82) is 0 Å². The fraction of sp³-hybridized carbons (Fsp3) is 0.211. The first kappa shape index (κ1) is 15.2. The molecule has 0 unspecified atom stereocenters. The van der Waals surface area contributed by atoms with E-state index in [0.717, 1.165) is 27.7 Å². The van der Waals surface area contributed by atoms with Crippen molar-refractivity contribution < 1.29 is 9.53 Å². The zero-order chi connectivity index (χ0) is 16.2. The van der Waals surface area contributed by atoms with Gasteiger partial charge in [-0.3, -0.25) is 4.79 Å². The van der Waals surface area contributed by atoms with Crippen LogP contribution in [0, 0.1) is 13.8 Å². The number of carbonyl (C=O) groups excluding carboxylic acids is 1. The average molecular weight is 308 g/mol. The summed E-state index contributed by atoms with van der Waals surface area (Å²) in [6.45, 7) is 4.56. The molecule has 4 heteroatoms. The quantitative estimate of drug-likeness (QED) is 0.758. The maximum absolute atomic E-state index is 11.9. The third-order valence-corrected chi connectivity index (χ3v) is 3.70. The molecule has 3 aromatic rings. The van der Waals surface area contributed by atoms with Crippen LogP contribution in [0.15, 0.2) is 48.5 Å². The molecule has 0 saturated carbocycles. The molecule has 1 amide bonds. The predicted octanol–water partition coefficient (Wildman–Crippen LogP) is 3.48. The first-order valence-electron chi connectivity index (χ1n) is 7.64. The van der Waals surface area contributed by atoms with E-state index in [-0.39, 0.29) is 12.5 Å². The van der Waals surface area contributed by atoms with Crippen LogP contribution in [0.5, 0.6) is 5.75 Å². The molecule has 0 saturated heterocycles. The number of aromatic amines is 1. The number of amides is 1. The van der Waals surface area contributed by atoms with E-state index < -0.39 is 0 Å². The summed E-state index contributed by atoms with van der Waals surface area (Å²) in [6, 6.07) is 15.9. The molecular formula is C19H20N2O2. The standard InChI is InChI=1S/C19H20N2O2/c1-13-3-6-17(7-4-13)23-12-19(22)20-11-15-5-8-18-16(10-15)9-14(2)21-18/h3-10,21H,11-12H2,1-2H3,(H,20,22). The Hall–Kier alpha value is -2.75. The van der Waals surface area contributed by atoms with Crippen molar-refractivity contribution in [2.45, 2.75) is 20.4 Å². The minimum Gasteiger partial charge on any atom is -0.484 e. The first-order chi connectivity index (χ1) is 11.1. The number of H-pyrrole nitrogens is 1. The topological polar surface area (TPSA) is 54.1 Å². The summed E-state index contributed by atoms with van der Waals surface area (Å²) in [4.78, 5) is 15.2. The maximum atomic E-state index is 11.9. The molecule has 0 aliphatic rings. The molecule has 0 spiro atoms. The van der Waals surface area contributed by atoms with Crippen molar-refractivity contribution in [2.75, 3.05) is 6.61 Å². The lowest BCUT2D eigenvalue weighted by Crippen LogP contribution is -2.28. The van der Waals surface area contributed by atoms with Gasteiger partial charge < -0.3 is 15.0 Å². The van der Waals surface area contributed by atoms with E-state index in [9.17, 15) is 4.79 Å². The van der Waals surface area contributed by atoms with Gasteiger partial charge in [0.05, 0.1) is 0 Å². The lowest BCUT2D eigenvalue weighted by Gasteiger charge is -2.08. The molecule has 118 valence electrons. The van der Waals surface area contributed by atoms with Crippen LogP contribution in [0.3, 0.4) is 0 Å². The Bertz CT molecular complexity index is 819. The van der Waals surface area contributed by atoms with Crippen LogP contribution < -0.4 is 10.1 Å². The van der Waals surface area contributed by atoms with Crippen molar-refractivity contribution in [2.24, 2.45) is 0 Å². The van der Waals surface area contributed by atoms with E-state index in [2.05, 4.69) is 22.4 Å². The fourth-order valence-electron chi connectivity index (χ4n) is 2.47. The second kappa shape index (κ2) is 6.57. The zero-order valence-corrected chi connectivity index (χ0v) is 13.3. The Morgan fingerprint density at radius 1 is 1.09 bits per heavy atom. The van der Waals surface area contributed by atoms with Gasteiger partial charge in [0, 0.05) is 17.8 Å². The maximum Gasteiger partial charge on any atom is 0.258 e. The van der Waals surface area contributed by atoms with Crippen molar-refractivity contribution in [3.63, 3.8) is 0 Å². The van der Waals surface area contributed by atoms with Gasteiger partial charge in [-0.2, -0.15) is 0 Å². The summed E-state index contributed by atoms with van der Waals surface area (Å²) in [5, 5.41) is 4.04. The molecule has 2 aromatic carbocycles. The molecule has 0 radical (unpaired) electrons. The van der Waals surface area contributed by atoms with E-state index in [1.54, 1.807) is 0 Å². The van der Waals surface area contributed by atoms with Crippen LogP contribution in [0.1, 0.15) is 16.8 Å². The van der Waals surface area contributed by atoms with Gasteiger partial charge >= 0.3 is 0 Å². The van der Waals surface area contributed by atoms with Gasteiger partial charge in [-0.25, -0.2) is 0 Å². The lowest BCUT2D eigenvalue weighted by molar-refractivity contribution is -0.123. The summed E-state index contributed by atoms with van der Waals surface area (Å²) in [6.07, 6.45) is 0. The SMILES string of the molecule is Cc1ccc(OCC(=O)NCc2ccc3[nH]c(C)cc3c2)cc1. The van der Waals surface area contributed by atoms with Crippen LogP contribution in [-0.4, -0.2) is 17.5 Å². The Balaban J connectivity index is 1.52. The molecule has 0 aliphatic heterocycles. The highest BCUT2D eigenvalue weighted by molar-refractivity contribution is 5.81. The van der Waals surface area contributed by atoms with Crippen molar-refractivity contribution in [3.8, 4) is 5.75 Å². The lowest BCUT2D eigenvalue weighted by atomic mass is 10.1. The molecule has 2 N–H and O–H groups in total. The summed E-state index contributed by atoms with van der Waals surface area (Å²) in [7, 11) is 0. The average Bonchev–Trinajstić information content (AvgIpc) is 2.91. The van der Waals surface area contributed by atoms with Crippen LogP contribution in [-0.2, 0) is 11.3 Å². The van der Waals surface area contributed by atoms with Gasteiger partial charge in [0.1, 0.15) is 5.75 Å².